The van der Waals surface area contributed by atoms with Crippen LogP contribution in [0.2, 0.25) is 0 Å². The molecule has 0 aliphatic carbocycles. The Morgan fingerprint density at radius 1 is 1.42 bits per heavy atom. The van der Waals surface area contributed by atoms with Gasteiger partial charge in [-0.1, -0.05) is 0 Å². The minimum Gasteiger partial charge on any atom is -0.493 e. The van der Waals surface area contributed by atoms with Gasteiger partial charge in [0.25, 0.3) is 0 Å². The van der Waals surface area contributed by atoms with Crippen molar-refractivity contribution in [2.45, 2.75) is 12.6 Å². The topological polar surface area (TPSA) is 59.1 Å². The molecular weight excluding hydrogens is 277 g/mol. The number of nitrogens with one attached hydrogen (secondary N) is 1. The highest BCUT2D eigenvalue weighted by Gasteiger charge is 2.34. The molecule has 0 aromatic heterocycles. The minimum absolute atomic E-state index is 0.0313. The van der Waals surface area contributed by atoms with E-state index in [1.807, 2.05) is 6.26 Å². The molecule has 0 unspecified atom stereocenters. The maximum atomic E-state index is 12.9. The van der Waals surface area contributed by atoms with Crippen molar-refractivity contribution in [2.75, 3.05) is 18.6 Å². The van der Waals surface area contributed by atoms with Crippen LogP contribution in [0.5, 0.6) is 5.75 Å². The summed E-state index contributed by atoms with van der Waals surface area (Å²) in [6.45, 7) is 0.226. The Bertz CT molecular complexity index is 449. The lowest BCUT2D eigenvalue weighted by atomic mass is 10.1. The summed E-state index contributed by atoms with van der Waals surface area (Å²) in [5.74, 6) is 0.199. The van der Waals surface area contributed by atoms with Gasteiger partial charge in [-0.2, -0.15) is 24.9 Å². The highest BCUT2D eigenvalue weighted by atomic mass is 32.2. The first kappa shape index (κ1) is 15.7. The molecule has 1 rings (SSSR count). The van der Waals surface area contributed by atoms with Gasteiger partial charge < -0.3 is 10.5 Å². The van der Waals surface area contributed by atoms with Gasteiger partial charge in [0.15, 0.2) is 0 Å². The summed E-state index contributed by atoms with van der Waals surface area (Å²) in [4.78, 5) is 0. The van der Waals surface area contributed by atoms with Gasteiger partial charge in [-0.15, -0.1) is 0 Å². The van der Waals surface area contributed by atoms with Crippen LogP contribution in [0.15, 0.2) is 18.2 Å². The van der Waals surface area contributed by atoms with Crippen LogP contribution < -0.4 is 10.5 Å². The highest BCUT2D eigenvalue weighted by molar-refractivity contribution is 7.98. The number of hydrogen-bond acceptors (Lipinski definition) is 3. The van der Waals surface area contributed by atoms with Gasteiger partial charge in [0.1, 0.15) is 11.6 Å². The van der Waals surface area contributed by atoms with Crippen LogP contribution in [0.1, 0.15) is 17.5 Å². The Kier molecular flexibility index (Phi) is 5.53. The maximum Gasteiger partial charge on any atom is 0.419 e. The normalized spacial score (nSPS) is 11.4. The highest BCUT2D eigenvalue weighted by Crippen LogP contribution is 2.36. The molecule has 0 radical (unpaired) electrons. The van der Waals surface area contributed by atoms with Crippen LogP contribution in [0.3, 0.4) is 0 Å². The van der Waals surface area contributed by atoms with Crippen LogP contribution in [0.25, 0.3) is 0 Å². The van der Waals surface area contributed by atoms with Crippen LogP contribution in [-0.2, 0) is 6.18 Å². The fourth-order valence-electron chi connectivity index (χ4n) is 1.43. The predicted octanol–water partition coefficient (Wildman–Crippen LogP) is 3.12. The first-order chi connectivity index (χ1) is 8.86. The number of nitrogens with two attached hydrogens (primary N) is 1. The van der Waals surface area contributed by atoms with Gasteiger partial charge in [-0.25, -0.2) is 0 Å². The average Bonchev–Trinajstić information content (AvgIpc) is 2.33. The van der Waals surface area contributed by atoms with Crippen molar-refractivity contribution in [3.63, 3.8) is 0 Å². The van der Waals surface area contributed by atoms with Gasteiger partial charge in [0, 0.05) is 5.56 Å². The molecule has 3 nitrogen and oxygen atoms in total. The molecule has 0 aliphatic heterocycles. The van der Waals surface area contributed by atoms with Crippen LogP contribution in [0.4, 0.5) is 13.2 Å². The lowest BCUT2D eigenvalue weighted by molar-refractivity contribution is -0.138. The van der Waals surface area contributed by atoms with Crippen molar-refractivity contribution in [1.29, 1.82) is 5.41 Å². The number of alkyl halides is 3. The molecule has 19 heavy (non-hydrogen) atoms. The van der Waals surface area contributed by atoms with Gasteiger partial charge in [0.05, 0.1) is 12.2 Å². The molecule has 0 bridgehead atoms. The SMILES string of the molecule is CSCCCOc1ccc(C(=N)N)cc1C(F)(F)F. The number of amidine groups is 1. The lowest BCUT2D eigenvalue weighted by Crippen LogP contribution is -2.15. The van der Waals surface area contributed by atoms with Crippen LogP contribution in [0, 0.1) is 5.41 Å². The van der Waals surface area contributed by atoms with E-state index >= 15 is 0 Å². The van der Waals surface area contributed by atoms with Gasteiger partial charge in [0.2, 0.25) is 0 Å². The summed E-state index contributed by atoms with van der Waals surface area (Å²) in [7, 11) is 0. The quantitative estimate of drug-likeness (QED) is 0.481. The first-order valence-corrected chi connectivity index (χ1v) is 6.93. The molecule has 1 aromatic carbocycles. The van der Waals surface area contributed by atoms with E-state index in [0.29, 0.717) is 6.42 Å². The minimum atomic E-state index is -4.53. The van der Waals surface area contributed by atoms with Crippen molar-refractivity contribution >= 4 is 17.6 Å². The summed E-state index contributed by atoms with van der Waals surface area (Å²) in [6.07, 6.45) is -1.93. The largest absolute Gasteiger partial charge is 0.493 e. The predicted molar refractivity (Wildman–Crippen MR) is 71.0 cm³/mol. The van der Waals surface area contributed by atoms with Gasteiger partial charge in [-0.3, -0.25) is 5.41 Å². The average molecular weight is 292 g/mol. The molecule has 0 atom stereocenters. The van der Waals surface area contributed by atoms with Gasteiger partial charge >= 0.3 is 6.18 Å². The number of benzene rings is 1. The van der Waals surface area contributed by atoms with E-state index in [-0.39, 0.29) is 17.9 Å². The summed E-state index contributed by atoms with van der Waals surface area (Å²) >= 11 is 1.61. The van der Waals surface area contributed by atoms with Crippen molar-refractivity contribution in [1.82, 2.24) is 0 Å². The smallest absolute Gasteiger partial charge is 0.419 e. The van der Waals surface area contributed by atoms with E-state index in [1.54, 1.807) is 11.8 Å². The Balaban J connectivity index is 2.93. The molecule has 0 heterocycles. The zero-order valence-corrected chi connectivity index (χ0v) is 11.2. The summed E-state index contributed by atoms with van der Waals surface area (Å²) in [5.41, 5.74) is 4.32. The fourth-order valence-corrected chi connectivity index (χ4v) is 1.84. The van der Waals surface area contributed by atoms with Crippen molar-refractivity contribution in [3.05, 3.63) is 29.3 Å². The zero-order chi connectivity index (χ0) is 14.5. The van der Waals surface area contributed by atoms with Gasteiger partial charge in [-0.05, 0) is 36.6 Å². The first-order valence-electron chi connectivity index (χ1n) is 5.53. The molecule has 0 fully saturated rings. The number of rotatable bonds is 6. The van der Waals surface area contributed by atoms with E-state index in [0.717, 1.165) is 11.8 Å². The molecule has 1 aromatic rings. The van der Waals surface area contributed by atoms with E-state index in [1.165, 1.54) is 12.1 Å². The van der Waals surface area contributed by atoms with E-state index < -0.39 is 17.6 Å². The second-order valence-electron chi connectivity index (χ2n) is 3.82. The Hall–Kier alpha value is -1.37. The zero-order valence-electron chi connectivity index (χ0n) is 10.4. The standard InChI is InChI=1S/C12H15F3N2OS/c1-19-6-2-5-18-10-4-3-8(11(16)17)7-9(10)12(13,14)15/h3-4,7H,2,5-6H2,1H3,(H3,16,17). The fraction of sp³-hybridized carbons (Fsp3) is 0.417. The van der Waals surface area contributed by atoms with E-state index in [9.17, 15) is 13.2 Å². The van der Waals surface area contributed by atoms with E-state index in [2.05, 4.69) is 0 Å². The molecule has 0 amide bonds. The third-order valence-electron chi connectivity index (χ3n) is 2.35. The number of ether oxygens (including phenoxy) is 1. The second kappa shape index (κ2) is 6.70. The Morgan fingerprint density at radius 3 is 2.63 bits per heavy atom. The van der Waals surface area contributed by atoms with Crippen molar-refractivity contribution in [2.24, 2.45) is 5.73 Å². The number of halogens is 3. The molecule has 0 aliphatic rings. The maximum absolute atomic E-state index is 12.9. The Labute approximate surface area is 113 Å². The molecule has 7 heteroatoms. The molecular formula is C12H15F3N2OS. The van der Waals surface area contributed by atoms with Crippen molar-refractivity contribution in [3.8, 4) is 5.75 Å². The monoisotopic (exact) mass is 292 g/mol. The number of hydrogen-bond donors (Lipinski definition) is 2. The van der Waals surface area contributed by atoms with Crippen molar-refractivity contribution < 1.29 is 17.9 Å². The van der Waals surface area contributed by atoms with Crippen LogP contribution >= 0.6 is 11.8 Å². The summed E-state index contributed by atoms with van der Waals surface area (Å²) in [6, 6.07) is 3.40. The Morgan fingerprint density at radius 2 is 2.11 bits per heavy atom. The molecule has 3 N–H and O–H groups in total. The third-order valence-corrected chi connectivity index (χ3v) is 3.04. The lowest BCUT2D eigenvalue weighted by Gasteiger charge is -2.15. The summed E-state index contributed by atoms with van der Waals surface area (Å²) in [5, 5.41) is 7.17. The number of thioether (sulfide) groups is 1. The molecule has 0 saturated heterocycles. The summed E-state index contributed by atoms with van der Waals surface area (Å²) < 4.78 is 43.8. The van der Waals surface area contributed by atoms with E-state index in [4.69, 9.17) is 15.9 Å². The second-order valence-corrected chi connectivity index (χ2v) is 4.80. The number of nitrogen functional groups attached to an aromatic ring is 1. The third kappa shape index (κ3) is 4.66. The molecule has 106 valence electrons. The molecule has 0 saturated carbocycles. The molecule has 0 spiro atoms. The van der Waals surface area contributed by atoms with Crippen LogP contribution in [-0.4, -0.2) is 24.5 Å².